The number of piperidine rings is 1. The molecular formula is C14H17F3N2O5S. The molecule has 1 unspecified atom stereocenters. The molecule has 2 rings (SSSR count). The van der Waals surface area contributed by atoms with Crippen LogP contribution in [0.4, 0.5) is 18.9 Å². The van der Waals surface area contributed by atoms with Crippen molar-refractivity contribution in [2.75, 3.05) is 24.6 Å². The van der Waals surface area contributed by atoms with Crippen molar-refractivity contribution in [2.24, 2.45) is 5.14 Å². The molecule has 0 amide bonds. The lowest BCUT2D eigenvalue weighted by Gasteiger charge is -2.35. The van der Waals surface area contributed by atoms with Gasteiger partial charge in [0.2, 0.25) is 10.0 Å². The molecule has 1 atom stereocenters. The second-order valence-electron chi connectivity index (χ2n) is 5.67. The Bertz CT molecular complexity index is 751. The molecule has 0 aliphatic carbocycles. The van der Waals surface area contributed by atoms with E-state index in [2.05, 4.69) is 0 Å². The number of carboxylic acids is 1. The van der Waals surface area contributed by atoms with Crippen molar-refractivity contribution in [3.8, 4) is 0 Å². The lowest BCUT2D eigenvalue weighted by atomic mass is 10.0. The first kappa shape index (κ1) is 19.5. The van der Waals surface area contributed by atoms with Crippen molar-refractivity contribution in [2.45, 2.75) is 30.0 Å². The summed E-state index contributed by atoms with van der Waals surface area (Å²) < 4.78 is 64.4. The van der Waals surface area contributed by atoms with Gasteiger partial charge < -0.3 is 14.7 Å². The Morgan fingerprint density at radius 3 is 2.64 bits per heavy atom. The van der Waals surface area contributed by atoms with E-state index >= 15 is 0 Å². The highest BCUT2D eigenvalue weighted by Crippen LogP contribution is 2.28. The lowest BCUT2D eigenvalue weighted by Crippen LogP contribution is -2.41. The van der Waals surface area contributed by atoms with E-state index in [4.69, 9.17) is 9.88 Å². The van der Waals surface area contributed by atoms with Crippen LogP contribution in [-0.4, -0.2) is 51.5 Å². The fourth-order valence-electron chi connectivity index (χ4n) is 2.64. The zero-order valence-corrected chi connectivity index (χ0v) is 13.8. The molecule has 3 N–H and O–H groups in total. The van der Waals surface area contributed by atoms with E-state index in [0.29, 0.717) is 19.4 Å². The third-order valence-electron chi connectivity index (χ3n) is 3.73. The first-order valence-corrected chi connectivity index (χ1v) is 8.85. The predicted octanol–water partition coefficient (Wildman–Crippen LogP) is 1.58. The molecule has 7 nitrogen and oxygen atoms in total. The number of ether oxygens (including phenoxy) is 1. The number of alkyl halides is 3. The molecule has 1 heterocycles. The van der Waals surface area contributed by atoms with E-state index in [1.807, 2.05) is 0 Å². The second-order valence-corrected chi connectivity index (χ2v) is 7.23. The Morgan fingerprint density at radius 1 is 1.40 bits per heavy atom. The first-order valence-electron chi connectivity index (χ1n) is 7.31. The summed E-state index contributed by atoms with van der Waals surface area (Å²) >= 11 is 0. The van der Waals surface area contributed by atoms with Gasteiger partial charge in [-0.25, -0.2) is 18.4 Å². The minimum Gasteiger partial charge on any atom is -0.478 e. The van der Waals surface area contributed by atoms with E-state index in [0.717, 1.165) is 12.1 Å². The number of carbonyl (C=O) groups is 1. The maximum Gasteiger partial charge on any atom is 0.411 e. The summed E-state index contributed by atoms with van der Waals surface area (Å²) in [5.74, 6) is -1.36. The van der Waals surface area contributed by atoms with Crippen molar-refractivity contribution < 1.29 is 36.2 Å². The van der Waals surface area contributed by atoms with Crippen LogP contribution in [0.3, 0.4) is 0 Å². The summed E-state index contributed by atoms with van der Waals surface area (Å²) in [5, 5.41) is 14.3. The van der Waals surface area contributed by atoms with Crippen LogP contribution in [0.25, 0.3) is 0 Å². The monoisotopic (exact) mass is 382 g/mol. The van der Waals surface area contributed by atoms with Crippen molar-refractivity contribution in [3.63, 3.8) is 0 Å². The smallest absolute Gasteiger partial charge is 0.411 e. The number of nitrogens with zero attached hydrogens (tertiary/aromatic N) is 1. The minimum absolute atomic E-state index is 0.0745. The largest absolute Gasteiger partial charge is 0.478 e. The number of hydrogen-bond acceptors (Lipinski definition) is 5. The fraction of sp³-hybridized carbons (Fsp3) is 0.500. The maximum atomic E-state index is 12.3. The number of aromatic carboxylic acids is 1. The Morgan fingerprint density at radius 2 is 2.08 bits per heavy atom. The number of sulfonamides is 1. The topological polar surface area (TPSA) is 110 Å². The standard InChI is InChI=1S/C14H17F3N2O5S/c15-14(16,17)8-24-9-2-1-5-19(7-9)12-4-3-10(25(18,22)23)6-11(12)13(20)21/h3-4,6,9H,1-2,5,7-8H2,(H,20,21)(H2,18,22,23). The number of halogens is 3. The summed E-state index contributed by atoms with van der Waals surface area (Å²) in [6.45, 7) is -0.881. The molecule has 1 aliphatic heterocycles. The number of nitrogens with two attached hydrogens (primary N) is 1. The molecule has 0 saturated carbocycles. The molecular weight excluding hydrogens is 365 g/mol. The first-order chi connectivity index (χ1) is 11.5. The number of carboxylic acid groups (broad SMARTS) is 1. The summed E-state index contributed by atoms with van der Waals surface area (Å²) in [6.07, 6.45) is -4.20. The van der Waals surface area contributed by atoms with Gasteiger partial charge in [-0.1, -0.05) is 0 Å². The summed E-state index contributed by atoms with van der Waals surface area (Å²) in [6, 6.07) is 3.39. The Hall–Kier alpha value is -1.85. The molecule has 1 fully saturated rings. The minimum atomic E-state index is -4.44. The van der Waals surface area contributed by atoms with E-state index in [-0.39, 0.29) is 22.7 Å². The van der Waals surface area contributed by atoms with E-state index < -0.39 is 34.9 Å². The number of anilines is 1. The predicted molar refractivity (Wildman–Crippen MR) is 82.0 cm³/mol. The summed E-state index contributed by atoms with van der Waals surface area (Å²) in [4.78, 5) is 12.7. The maximum absolute atomic E-state index is 12.3. The second kappa shape index (κ2) is 7.18. The van der Waals surface area contributed by atoms with Gasteiger partial charge in [0.25, 0.3) is 0 Å². The Kier molecular flexibility index (Phi) is 5.59. The molecule has 0 radical (unpaired) electrons. The zero-order valence-electron chi connectivity index (χ0n) is 13.0. The van der Waals surface area contributed by atoms with Gasteiger partial charge in [-0.15, -0.1) is 0 Å². The van der Waals surface area contributed by atoms with E-state index in [9.17, 15) is 31.5 Å². The van der Waals surface area contributed by atoms with Crippen LogP contribution in [0.1, 0.15) is 23.2 Å². The Balaban J connectivity index is 2.23. The van der Waals surface area contributed by atoms with E-state index in [1.54, 1.807) is 4.90 Å². The van der Waals surface area contributed by atoms with Gasteiger partial charge in [0.05, 0.1) is 22.3 Å². The molecule has 1 aromatic carbocycles. The number of primary sulfonamides is 1. The average molecular weight is 382 g/mol. The van der Waals surface area contributed by atoms with Crippen LogP contribution in [0.5, 0.6) is 0 Å². The van der Waals surface area contributed by atoms with Gasteiger partial charge in [-0.05, 0) is 31.0 Å². The van der Waals surface area contributed by atoms with Gasteiger partial charge in [-0.2, -0.15) is 13.2 Å². The third kappa shape index (κ3) is 5.31. The number of rotatable bonds is 5. The highest BCUT2D eigenvalue weighted by Gasteiger charge is 2.31. The summed E-state index contributed by atoms with van der Waals surface area (Å²) in [5.41, 5.74) is -0.0804. The van der Waals surface area contributed by atoms with Crippen LogP contribution < -0.4 is 10.0 Å². The van der Waals surface area contributed by atoms with Gasteiger partial charge in [0.1, 0.15) is 6.61 Å². The van der Waals surface area contributed by atoms with Crippen LogP contribution in [0.2, 0.25) is 0 Å². The SMILES string of the molecule is NS(=O)(=O)c1ccc(N2CCCC(OCC(F)(F)F)C2)c(C(=O)O)c1. The normalized spacial score (nSPS) is 19.0. The van der Waals surface area contributed by atoms with Crippen LogP contribution in [0.15, 0.2) is 23.1 Å². The third-order valence-corrected chi connectivity index (χ3v) is 4.64. The lowest BCUT2D eigenvalue weighted by molar-refractivity contribution is -0.185. The van der Waals surface area contributed by atoms with Crippen molar-refractivity contribution >= 4 is 21.7 Å². The highest BCUT2D eigenvalue weighted by atomic mass is 32.2. The van der Waals surface area contributed by atoms with Crippen molar-refractivity contribution in [1.82, 2.24) is 0 Å². The summed E-state index contributed by atoms with van der Waals surface area (Å²) in [7, 11) is -4.07. The van der Waals surface area contributed by atoms with E-state index in [1.165, 1.54) is 6.07 Å². The quantitative estimate of drug-likeness (QED) is 0.800. The fourth-order valence-corrected chi connectivity index (χ4v) is 3.18. The molecule has 1 saturated heterocycles. The van der Waals surface area contributed by atoms with Crippen molar-refractivity contribution in [1.29, 1.82) is 0 Å². The molecule has 0 bridgehead atoms. The van der Waals surface area contributed by atoms with Crippen molar-refractivity contribution in [3.05, 3.63) is 23.8 Å². The Labute approximate surface area is 142 Å². The molecule has 1 aromatic rings. The average Bonchev–Trinajstić information content (AvgIpc) is 2.51. The molecule has 0 aromatic heterocycles. The van der Waals surface area contributed by atoms with Gasteiger partial charge in [-0.3, -0.25) is 0 Å². The molecule has 140 valence electrons. The van der Waals surface area contributed by atoms with Gasteiger partial charge in [0.15, 0.2) is 0 Å². The van der Waals surface area contributed by atoms with Crippen LogP contribution in [-0.2, 0) is 14.8 Å². The van der Waals surface area contributed by atoms with Crippen LogP contribution in [0, 0.1) is 0 Å². The number of hydrogen-bond donors (Lipinski definition) is 2. The highest BCUT2D eigenvalue weighted by molar-refractivity contribution is 7.89. The number of benzene rings is 1. The molecule has 1 aliphatic rings. The zero-order chi connectivity index (χ0) is 18.8. The molecule has 25 heavy (non-hydrogen) atoms. The molecule has 0 spiro atoms. The van der Waals surface area contributed by atoms with Gasteiger partial charge in [0, 0.05) is 13.1 Å². The molecule has 11 heteroatoms. The van der Waals surface area contributed by atoms with Crippen LogP contribution >= 0.6 is 0 Å². The van der Waals surface area contributed by atoms with Gasteiger partial charge >= 0.3 is 12.1 Å².